The zero-order chi connectivity index (χ0) is 22.1. The van der Waals surface area contributed by atoms with E-state index in [-0.39, 0.29) is 36.2 Å². The first-order chi connectivity index (χ1) is 14.3. The highest BCUT2D eigenvalue weighted by molar-refractivity contribution is 7.89. The van der Waals surface area contributed by atoms with Crippen LogP contribution in [0.1, 0.15) is 46.0 Å². The fraction of sp³-hybridized carbons (Fsp3) is 0.619. The van der Waals surface area contributed by atoms with Crippen LogP contribution in [0.25, 0.3) is 0 Å². The van der Waals surface area contributed by atoms with Crippen molar-refractivity contribution < 1.29 is 22.4 Å². The number of piperazine rings is 1. The molecule has 2 amide bonds. The quantitative estimate of drug-likeness (QED) is 0.559. The Balaban J connectivity index is 1.81. The van der Waals surface area contributed by atoms with Crippen molar-refractivity contribution >= 4 is 21.8 Å². The third-order valence-electron chi connectivity index (χ3n) is 5.15. The molecule has 30 heavy (non-hydrogen) atoms. The number of benzene rings is 1. The van der Waals surface area contributed by atoms with Crippen molar-refractivity contribution in [3.8, 4) is 0 Å². The molecule has 0 aliphatic carbocycles. The fourth-order valence-electron chi connectivity index (χ4n) is 3.56. The summed E-state index contributed by atoms with van der Waals surface area (Å²) in [6.45, 7) is 6.47. The van der Waals surface area contributed by atoms with Gasteiger partial charge >= 0.3 is 0 Å². The minimum Gasteiger partial charge on any atom is -0.343 e. The smallest absolute Gasteiger partial charge is 0.243 e. The molecule has 1 aliphatic rings. The molecule has 0 unspecified atom stereocenters. The Morgan fingerprint density at radius 2 is 1.67 bits per heavy atom. The van der Waals surface area contributed by atoms with Crippen molar-refractivity contribution in [3.63, 3.8) is 0 Å². The molecule has 0 atom stereocenters. The maximum Gasteiger partial charge on any atom is 0.243 e. The second-order valence-corrected chi connectivity index (χ2v) is 9.41. The van der Waals surface area contributed by atoms with E-state index in [0.29, 0.717) is 25.9 Å². The monoisotopic (exact) mass is 441 g/mol. The standard InChI is InChI=1S/C21H32FN3O4S/c1-3-11-23(12-4-2)20(26)9-6-10-21(27)24-13-15-25(16-14-24)30(28,29)19-8-5-7-18(22)17-19/h5,7-8,17H,3-4,6,9-16H2,1-2H3. The topological polar surface area (TPSA) is 78.0 Å². The molecule has 1 saturated heterocycles. The number of hydrogen-bond donors (Lipinski definition) is 0. The molecule has 0 saturated carbocycles. The van der Waals surface area contributed by atoms with Gasteiger partial charge in [-0.15, -0.1) is 0 Å². The third kappa shape index (κ3) is 6.50. The van der Waals surface area contributed by atoms with Gasteiger partial charge in [-0.1, -0.05) is 19.9 Å². The number of carbonyl (C=O) groups excluding carboxylic acids is 2. The van der Waals surface area contributed by atoms with E-state index >= 15 is 0 Å². The number of carbonyl (C=O) groups is 2. The minimum absolute atomic E-state index is 0.0665. The molecule has 1 aromatic rings. The van der Waals surface area contributed by atoms with Crippen LogP contribution < -0.4 is 0 Å². The highest BCUT2D eigenvalue weighted by Gasteiger charge is 2.30. The zero-order valence-electron chi connectivity index (χ0n) is 17.8. The predicted molar refractivity (Wildman–Crippen MR) is 113 cm³/mol. The van der Waals surface area contributed by atoms with Gasteiger partial charge in [-0.05, 0) is 37.5 Å². The molecule has 1 aliphatic heterocycles. The first kappa shape index (κ1) is 24.3. The molecule has 0 aromatic heterocycles. The fourth-order valence-corrected chi connectivity index (χ4v) is 5.02. The Labute approximate surface area is 178 Å². The van der Waals surface area contributed by atoms with Crippen molar-refractivity contribution in [2.24, 2.45) is 0 Å². The van der Waals surface area contributed by atoms with Crippen LogP contribution in [0.2, 0.25) is 0 Å². The zero-order valence-corrected chi connectivity index (χ0v) is 18.7. The van der Waals surface area contributed by atoms with Crippen LogP contribution in [0, 0.1) is 5.82 Å². The third-order valence-corrected chi connectivity index (χ3v) is 7.04. The summed E-state index contributed by atoms with van der Waals surface area (Å²) in [5, 5.41) is 0. The lowest BCUT2D eigenvalue weighted by Crippen LogP contribution is -2.50. The summed E-state index contributed by atoms with van der Waals surface area (Å²) in [5.74, 6) is -0.587. The number of nitrogens with zero attached hydrogens (tertiary/aromatic N) is 3. The molecule has 0 bridgehead atoms. The molecule has 0 spiro atoms. The summed E-state index contributed by atoms with van der Waals surface area (Å²) in [5.41, 5.74) is 0. The van der Waals surface area contributed by atoms with E-state index in [1.165, 1.54) is 22.5 Å². The second kappa shape index (κ2) is 11.4. The Hall–Kier alpha value is -2.00. The highest BCUT2D eigenvalue weighted by Crippen LogP contribution is 2.19. The average Bonchev–Trinajstić information content (AvgIpc) is 2.73. The number of amides is 2. The summed E-state index contributed by atoms with van der Waals surface area (Å²) >= 11 is 0. The first-order valence-electron chi connectivity index (χ1n) is 10.6. The predicted octanol–water partition coefficient (Wildman–Crippen LogP) is 2.48. The number of halogens is 1. The van der Waals surface area contributed by atoms with Crippen LogP contribution in [0.4, 0.5) is 4.39 Å². The summed E-state index contributed by atoms with van der Waals surface area (Å²) < 4.78 is 40.0. The maximum absolute atomic E-state index is 13.4. The normalized spacial score (nSPS) is 15.2. The van der Waals surface area contributed by atoms with Crippen molar-refractivity contribution in [1.29, 1.82) is 0 Å². The van der Waals surface area contributed by atoms with Crippen LogP contribution in [-0.2, 0) is 19.6 Å². The Kier molecular flexibility index (Phi) is 9.23. The van der Waals surface area contributed by atoms with Gasteiger partial charge in [0.25, 0.3) is 0 Å². The van der Waals surface area contributed by atoms with E-state index in [0.717, 1.165) is 32.0 Å². The summed E-state index contributed by atoms with van der Waals surface area (Å²) in [4.78, 5) is 28.2. The molecule has 168 valence electrons. The van der Waals surface area contributed by atoms with Gasteiger partial charge in [-0.25, -0.2) is 12.8 Å². The van der Waals surface area contributed by atoms with Crippen LogP contribution in [0.3, 0.4) is 0 Å². The largest absolute Gasteiger partial charge is 0.343 e. The molecule has 7 nitrogen and oxygen atoms in total. The molecule has 0 radical (unpaired) electrons. The number of sulfonamides is 1. The van der Waals surface area contributed by atoms with Gasteiger partial charge in [0.1, 0.15) is 5.82 Å². The van der Waals surface area contributed by atoms with Crippen molar-refractivity contribution in [2.75, 3.05) is 39.3 Å². The van der Waals surface area contributed by atoms with Crippen LogP contribution in [0.15, 0.2) is 29.2 Å². The van der Waals surface area contributed by atoms with Crippen LogP contribution >= 0.6 is 0 Å². The lowest BCUT2D eigenvalue weighted by Gasteiger charge is -2.34. The summed E-state index contributed by atoms with van der Waals surface area (Å²) in [7, 11) is -3.78. The summed E-state index contributed by atoms with van der Waals surface area (Å²) in [6, 6.07) is 4.94. The Morgan fingerprint density at radius 3 is 2.23 bits per heavy atom. The van der Waals surface area contributed by atoms with Gasteiger partial charge in [-0.3, -0.25) is 9.59 Å². The van der Waals surface area contributed by atoms with Gasteiger partial charge < -0.3 is 9.80 Å². The Morgan fingerprint density at radius 1 is 1.03 bits per heavy atom. The van der Waals surface area contributed by atoms with Gasteiger partial charge in [0.15, 0.2) is 0 Å². The van der Waals surface area contributed by atoms with E-state index in [1.54, 1.807) is 4.90 Å². The highest BCUT2D eigenvalue weighted by atomic mass is 32.2. The second-order valence-electron chi connectivity index (χ2n) is 7.48. The van der Waals surface area contributed by atoms with Gasteiger partial charge in [0.05, 0.1) is 4.90 Å². The molecule has 2 rings (SSSR count). The van der Waals surface area contributed by atoms with E-state index in [4.69, 9.17) is 0 Å². The number of rotatable bonds is 10. The van der Waals surface area contributed by atoms with Crippen molar-refractivity contribution in [3.05, 3.63) is 30.1 Å². The molecule has 1 fully saturated rings. The minimum atomic E-state index is -3.78. The van der Waals surface area contributed by atoms with Gasteiger partial charge in [-0.2, -0.15) is 4.31 Å². The van der Waals surface area contributed by atoms with E-state index in [2.05, 4.69) is 0 Å². The SMILES string of the molecule is CCCN(CCC)C(=O)CCCC(=O)N1CCN(S(=O)(=O)c2cccc(F)c2)CC1. The number of hydrogen-bond acceptors (Lipinski definition) is 4. The molecule has 1 heterocycles. The molecular formula is C21H32FN3O4S. The van der Waals surface area contributed by atoms with E-state index < -0.39 is 15.8 Å². The van der Waals surface area contributed by atoms with E-state index in [1.807, 2.05) is 18.7 Å². The van der Waals surface area contributed by atoms with Crippen molar-refractivity contribution in [2.45, 2.75) is 50.8 Å². The van der Waals surface area contributed by atoms with Crippen molar-refractivity contribution in [1.82, 2.24) is 14.1 Å². The van der Waals surface area contributed by atoms with Gasteiger partial charge in [0, 0.05) is 52.1 Å². The molecule has 9 heteroatoms. The maximum atomic E-state index is 13.4. The Bertz CT molecular complexity index is 817. The van der Waals surface area contributed by atoms with E-state index in [9.17, 15) is 22.4 Å². The lowest BCUT2D eigenvalue weighted by atomic mass is 10.2. The lowest BCUT2D eigenvalue weighted by molar-refractivity contribution is -0.133. The summed E-state index contributed by atoms with van der Waals surface area (Å²) in [6.07, 6.45) is 2.93. The van der Waals surface area contributed by atoms with Gasteiger partial charge in [0.2, 0.25) is 21.8 Å². The first-order valence-corrected chi connectivity index (χ1v) is 12.0. The molecular weight excluding hydrogens is 409 g/mol. The van der Waals surface area contributed by atoms with Crippen LogP contribution in [0.5, 0.6) is 0 Å². The van der Waals surface area contributed by atoms with Crippen LogP contribution in [-0.4, -0.2) is 73.6 Å². The molecule has 0 N–H and O–H groups in total. The average molecular weight is 442 g/mol. The molecule has 1 aromatic carbocycles.